The number of rotatable bonds is 4. The molecule has 0 saturated carbocycles. The third-order valence-electron chi connectivity index (χ3n) is 3.85. The van der Waals surface area contributed by atoms with Crippen LogP contribution < -0.4 is 16.6 Å². The summed E-state index contributed by atoms with van der Waals surface area (Å²) >= 11 is 0. The van der Waals surface area contributed by atoms with Gasteiger partial charge < -0.3 is 10.2 Å². The van der Waals surface area contributed by atoms with Gasteiger partial charge in [0.25, 0.3) is 5.56 Å². The Hall–Kier alpha value is -1.40. The fourth-order valence-corrected chi connectivity index (χ4v) is 2.55. The maximum absolute atomic E-state index is 11.8. The minimum absolute atomic E-state index is 0.250. The Morgan fingerprint density at radius 2 is 2.00 bits per heavy atom. The third-order valence-corrected chi connectivity index (χ3v) is 3.85. The molecular weight excluding hydrogens is 244 g/mol. The fraction of sp³-hybridized carbons (Fsp3) is 0.692. The zero-order chi connectivity index (χ0) is 14.0. The van der Waals surface area contributed by atoms with E-state index in [-0.39, 0.29) is 11.2 Å². The Balaban J connectivity index is 1.97. The Morgan fingerprint density at radius 1 is 1.26 bits per heavy atom. The molecule has 1 aromatic rings. The van der Waals surface area contributed by atoms with Gasteiger partial charge in [0.05, 0.1) is 0 Å². The van der Waals surface area contributed by atoms with Crippen molar-refractivity contribution in [2.75, 3.05) is 26.7 Å². The Bertz CT molecular complexity index is 561. The molecule has 0 aliphatic carbocycles. The maximum atomic E-state index is 11.8. The number of nitrogens with one attached hydrogen (secondary N) is 1. The van der Waals surface area contributed by atoms with E-state index in [0.717, 1.165) is 29.9 Å². The molecule has 6 heteroatoms. The minimum Gasteiger partial charge on any atom is -0.311 e. The van der Waals surface area contributed by atoms with Crippen LogP contribution in [0.1, 0.15) is 12.1 Å². The second kappa shape index (κ2) is 5.71. The molecular formula is C13H22N4O2. The number of likely N-dealkylation sites (tertiary alicyclic amines) is 1. The van der Waals surface area contributed by atoms with E-state index in [0.29, 0.717) is 12.5 Å². The van der Waals surface area contributed by atoms with Crippen molar-refractivity contribution in [1.82, 2.24) is 19.4 Å². The van der Waals surface area contributed by atoms with Gasteiger partial charge in [-0.15, -0.1) is 0 Å². The molecule has 6 nitrogen and oxygen atoms in total. The molecule has 0 spiro atoms. The molecule has 1 fully saturated rings. The highest BCUT2D eigenvalue weighted by Crippen LogP contribution is 2.12. The molecule has 0 bridgehead atoms. The van der Waals surface area contributed by atoms with Gasteiger partial charge in [-0.05, 0) is 32.5 Å². The molecule has 0 aromatic carbocycles. The van der Waals surface area contributed by atoms with E-state index in [1.165, 1.54) is 24.1 Å². The van der Waals surface area contributed by atoms with E-state index < -0.39 is 0 Å². The highest BCUT2D eigenvalue weighted by Gasteiger charge is 2.18. The lowest BCUT2D eigenvalue weighted by Crippen LogP contribution is -2.39. The van der Waals surface area contributed by atoms with Gasteiger partial charge in [0.1, 0.15) is 0 Å². The highest BCUT2D eigenvalue weighted by atomic mass is 16.2. The van der Waals surface area contributed by atoms with Gasteiger partial charge in [-0.25, -0.2) is 4.79 Å². The first kappa shape index (κ1) is 14.0. The molecule has 1 aromatic heterocycles. The van der Waals surface area contributed by atoms with Gasteiger partial charge in [-0.3, -0.25) is 13.9 Å². The van der Waals surface area contributed by atoms with E-state index >= 15 is 0 Å². The quantitative estimate of drug-likeness (QED) is 0.769. The average molecular weight is 266 g/mol. The van der Waals surface area contributed by atoms with Crippen LogP contribution in [0.2, 0.25) is 0 Å². The molecule has 2 rings (SSSR count). The molecule has 1 N–H and O–H groups in total. The maximum Gasteiger partial charge on any atom is 0.330 e. The lowest BCUT2D eigenvalue weighted by atomic mass is 10.1. The normalized spacial score (nSPS) is 20.1. The molecule has 19 heavy (non-hydrogen) atoms. The van der Waals surface area contributed by atoms with E-state index in [1.807, 2.05) is 0 Å². The Morgan fingerprint density at radius 3 is 2.63 bits per heavy atom. The number of aromatic nitrogens is 2. The molecule has 1 unspecified atom stereocenters. The highest BCUT2D eigenvalue weighted by molar-refractivity contribution is 5.01. The van der Waals surface area contributed by atoms with Crippen molar-refractivity contribution in [1.29, 1.82) is 0 Å². The van der Waals surface area contributed by atoms with Gasteiger partial charge in [-0.1, -0.05) is 0 Å². The van der Waals surface area contributed by atoms with Crippen molar-refractivity contribution in [3.63, 3.8) is 0 Å². The van der Waals surface area contributed by atoms with Gasteiger partial charge in [0.2, 0.25) is 0 Å². The smallest absolute Gasteiger partial charge is 0.311 e. The van der Waals surface area contributed by atoms with Gasteiger partial charge in [0.15, 0.2) is 0 Å². The van der Waals surface area contributed by atoms with Crippen LogP contribution in [-0.2, 0) is 20.6 Å². The van der Waals surface area contributed by atoms with Crippen molar-refractivity contribution < 1.29 is 0 Å². The van der Waals surface area contributed by atoms with Crippen LogP contribution in [0, 0.1) is 5.92 Å². The van der Waals surface area contributed by atoms with Crippen molar-refractivity contribution in [2.24, 2.45) is 20.0 Å². The van der Waals surface area contributed by atoms with Gasteiger partial charge in [-0.2, -0.15) is 0 Å². The molecule has 106 valence electrons. The first-order valence-corrected chi connectivity index (χ1v) is 6.64. The topological polar surface area (TPSA) is 59.3 Å². The van der Waals surface area contributed by atoms with E-state index in [4.69, 9.17) is 0 Å². The third kappa shape index (κ3) is 3.13. The van der Waals surface area contributed by atoms with Crippen LogP contribution in [0.25, 0.3) is 0 Å². The van der Waals surface area contributed by atoms with Crippen LogP contribution in [-0.4, -0.2) is 40.7 Å². The summed E-state index contributed by atoms with van der Waals surface area (Å²) in [6.07, 6.45) is 1.21. The Labute approximate surface area is 112 Å². The van der Waals surface area contributed by atoms with E-state index in [1.54, 1.807) is 7.05 Å². The largest absolute Gasteiger partial charge is 0.330 e. The average Bonchev–Trinajstić information content (AvgIpc) is 2.79. The second-order valence-electron chi connectivity index (χ2n) is 5.42. The first-order valence-electron chi connectivity index (χ1n) is 6.64. The Kier molecular flexibility index (Phi) is 4.21. The standard InChI is InChI=1S/C13H22N4O2/c1-15-5-4-10(9-15)7-14-8-11-6-12(18)17(3)13(19)16(11)2/h6,10,14H,4-5,7-9H2,1-3H3. The molecule has 1 atom stereocenters. The predicted octanol–water partition coefficient (Wildman–Crippen LogP) is -0.875. The van der Waals surface area contributed by atoms with Gasteiger partial charge in [0, 0.05) is 38.9 Å². The second-order valence-corrected chi connectivity index (χ2v) is 5.42. The molecule has 2 heterocycles. The van der Waals surface area contributed by atoms with Gasteiger partial charge >= 0.3 is 5.69 Å². The van der Waals surface area contributed by atoms with Crippen molar-refractivity contribution in [3.8, 4) is 0 Å². The van der Waals surface area contributed by atoms with Crippen molar-refractivity contribution >= 4 is 0 Å². The monoisotopic (exact) mass is 266 g/mol. The zero-order valence-electron chi connectivity index (χ0n) is 11.8. The summed E-state index contributed by atoms with van der Waals surface area (Å²) in [5.74, 6) is 0.661. The van der Waals surface area contributed by atoms with Crippen LogP contribution in [0.5, 0.6) is 0 Å². The lowest BCUT2D eigenvalue weighted by Gasteiger charge is -2.13. The van der Waals surface area contributed by atoms with E-state index in [2.05, 4.69) is 17.3 Å². The lowest BCUT2D eigenvalue weighted by molar-refractivity contribution is 0.387. The summed E-state index contributed by atoms with van der Waals surface area (Å²) in [5.41, 5.74) is 0.213. The first-order chi connectivity index (χ1) is 8.99. The summed E-state index contributed by atoms with van der Waals surface area (Å²) in [6, 6.07) is 1.52. The molecule has 1 saturated heterocycles. The number of hydrogen-bond acceptors (Lipinski definition) is 4. The molecule has 0 amide bonds. The summed E-state index contributed by atoms with van der Waals surface area (Å²) in [6.45, 7) is 3.75. The fourth-order valence-electron chi connectivity index (χ4n) is 2.55. The van der Waals surface area contributed by atoms with Crippen LogP contribution in [0.4, 0.5) is 0 Å². The molecule has 0 radical (unpaired) electrons. The molecule has 1 aliphatic heterocycles. The van der Waals surface area contributed by atoms with Crippen LogP contribution in [0.3, 0.4) is 0 Å². The van der Waals surface area contributed by atoms with Crippen molar-refractivity contribution in [3.05, 3.63) is 32.6 Å². The van der Waals surface area contributed by atoms with Crippen LogP contribution in [0.15, 0.2) is 15.7 Å². The number of hydrogen-bond donors (Lipinski definition) is 1. The molecule has 1 aliphatic rings. The SMILES string of the molecule is CN1CCC(CNCc2cc(=O)n(C)c(=O)n2C)C1. The predicted molar refractivity (Wildman–Crippen MR) is 74.2 cm³/mol. The van der Waals surface area contributed by atoms with E-state index in [9.17, 15) is 9.59 Å². The summed E-state index contributed by atoms with van der Waals surface area (Å²) in [7, 11) is 5.32. The minimum atomic E-state index is -0.273. The van der Waals surface area contributed by atoms with Crippen LogP contribution >= 0.6 is 0 Å². The zero-order valence-corrected chi connectivity index (χ0v) is 11.8. The number of nitrogens with zero attached hydrogens (tertiary/aromatic N) is 3. The summed E-state index contributed by atoms with van der Waals surface area (Å²) in [5, 5.41) is 3.34. The van der Waals surface area contributed by atoms with Crippen molar-refractivity contribution in [2.45, 2.75) is 13.0 Å². The summed E-state index contributed by atoms with van der Waals surface area (Å²) in [4.78, 5) is 25.7. The summed E-state index contributed by atoms with van der Waals surface area (Å²) < 4.78 is 2.64.